The molecule has 70 valence electrons. The minimum Gasteiger partial charge on any atom is -0.480 e. The van der Waals surface area contributed by atoms with Crippen LogP contribution in [0, 0.1) is 5.92 Å². The third-order valence-electron chi connectivity index (χ3n) is 1.04. The van der Waals surface area contributed by atoms with Crippen LogP contribution in [0.4, 0.5) is 0 Å². The van der Waals surface area contributed by atoms with E-state index in [1.807, 2.05) is 13.8 Å². The molecule has 5 N–H and O–H groups in total. The second-order valence-electron chi connectivity index (χ2n) is 2.57. The molecule has 0 aromatic heterocycles. The van der Waals surface area contributed by atoms with Crippen molar-refractivity contribution in [3.63, 3.8) is 0 Å². The first-order valence-electron chi connectivity index (χ1n) is 3.02. The molecule has 0 radical (unpaired) electrons. The van der Waals surface area contributed by atoms with Gasteiger partial charge in [-0.2, -0.15) is 0 Å². The SMILES string of the molecule is CC(C)C[C@H](N)C(=O)O.Cl.O. The summed E-state index contributed by atoms with van der Waals surface area (Å²) in [5.41, 5.74) is 5.22. The van der Waals surface area contributed by atoms with Gasteiger partial charge >= 0.3 is 5.97 Å². The summed E-state index contributed by atoms with van der Waals surface area (Å²) in [6.07, 6.45) is 0.551. The van der Waals surface area contributed by atoms with Crippen LogP contribution < -0.4 is 5.73 Å². The Bertz CT molecular complexity index is 108. The molecular weight excluding hydrogens is 170 g/mol. The standard InChI is InChI=1S/C6H13NO2.ClH.H2O/c1-4(2)3-5(7)6(8)9;;/h4-5H,3,7H2,1-2H3,(H,8,9);1H;1H2/t5-;;/m0../s1. The highest BCUT2D eigenvalue weighted by Crippen LogP contribution is 2.01. The fourth-order valence-electron chi connectivity index (χ4n) is 0.609. The lowest BCUT2D eigenvalue weighted by Crippen LogP contribution is -2.31. The molecule has 11 heavy (non-hydrogen) atoms. The average molecular weight is 186 g/mol. The maximum Gasteiger partial charge on any atom is 0.320 e. The molecule has 1 atom stereocenters. The van der Waals surface area contributed by atoms with E-state index >= 15 is 0 Å². The van der Waals surface area contributed by atoms with Gasteiger partial charge in [-0.1, -0.05) is 13.8 Å². The number of hydrogen-bond acceptors (Lipinski definition) is 2. The number of nitrogens with two attached hydrogens (primary N) is 1. The van der Waals surface area contributed by atoms with Crippen LogP contribution >= 0.6 is 12.4 Å². The van der Waals surface area contributed by atoms with Crippen LogP contribution in [0.2, 0.25) is 0 Å². The van der Waals surface area contributed by atoms with Gasteiger partial charge in [-0.15, -0.1) is 12.4 Å². The molecule has 0 unspecified atom stereocenters. The molecule has 0 fully saturated rings. The van der Waals surface area contributed by atoms with Crippen LogP contribution in [-0.2, 0) is 4.79 Å². The first-order chi connectivity index (χ1) is 4.04. The molecule has 0 saturated carbocycles. The summed E-state index contributed by atoms with van der Waals surface area (Å²) in [5, 5.41) is 8.31. The fraction of sp³-hybridized carbons (Fsp3) is 0.833. The largest absolute Gasteiger partial charge is 0.480 e. The highest BCUT2D eigenvalue weighted by atomic mass is 35.5. The van der Waals surface area contributed by atoms with Crippen LogP contribution in [-0.4, -0.2) is 22.6 Å². The maximum atomic E-state index is 10.1. The van der Waals surface area contributed by atoms with Gasteiger partial charge in [0.1, 0.15) is 6.04 Å². The summed E-state index contributed by atoms with van der Waals surface area (Å²) in [5.74, 6) is -0.556. The van der Waals surface area contributed by atoms with Crippen molar-refractivity contribution in [1.82, 2.24) is 0 Å². The summed E-state index contributed by atoms with van der Waals surface area (Å²) in [6, 6.07) is -0.690. The summed E-state index contributed by atoms with van der Waals surface area (Å²) in [4.78, 5) is 10.1. The Labute approximate surface area is 72.5 Å². The Balaban J connectivity index is -0.000000320. The Morgan fingerprint density at radius 1 is 1.55 bits per heavy atom. The van der Waals surface area contributed by atoms with Crippen molar-refractivity contribution < 1.29 is 15.4 Å². The van der Waals surface area contributed by atoms with Crippen LogP contribution in [0.5, 0.6) is 0 Å². The van der Waals surface area contributed by atoms with Gasteiger partial charge in [0.15, 0.2) is 0 Å². The molecule has 5 heteroatoms. The lowest BCUT2D eigenvalue weighted by Gasteiger charge is -2.07. The van der Waals surface area contributed by atoms with Gasteiger partial charge in [0.2, 0.25) is 0 Å². The van der Waals surface area contributed by atoms with Gasteiger partial charge in [0, 0.05) is 0 Å². The summed E-state index contributed by atoms with van der Waals surface area (Å²) >= 11 is 0. The van der Waals surface area contributed by atoms with Gasteiger partial charge in [-0.25, -0.2) is 0 Å². The molecular formula is C6H16ClNO3. The van der Waals surface area contributed by atoms with Crippen LogP contribution in [0.3, 0.4) is 0 Å². The van der Waals surface area contributed by atoms with E-state index in [0.717, 1.165) is 0 Å². The second kappa shape index (κ2) is 7.78. The van der Waals surface area contributed by atoms with E-state index in [9.17, 15) is 4.79 Å². The predicted octanol–water partition coefficient (Wildman–Crippen LogP) is 0.0415. The fourth-order valence-corrected chi connectivity index (χ4v) is 0.609. The molecule has 0 aromatic rings. The molecule has 0 heterocycles. The van der Waals surface area contributed by atoms with Crippen molar-refractivity contribution in [3.05, 3.63) is 0 Å². The Hall–Kier alpha value is -0.320. The first kappa shape index (κ1) is 17.0. The highest BCUT2D eigenvalue weighted by molar-refractivity contribution is 5.85. The van der Waals surface area contributed by atoms with Crippen molar-refractivity contribution in [2.24, 2.45) is 11.7 Å². The third kappa shape index (κ3) is 9.68. The zero-order valence-electron chi connectivity index (χ0n) is 6.70. The molecule has 0 aliphatic heterocycles. The number of carboxylic acids is 1. The van der Waals surface area contributed by atoms with Gasteiger partial charge in [0.05, 0.1) is 0 Å². The summed E-state index contributed by atoms with van der Waals surface area (Å²) in [6.45, 7) is 3.89. The number of aliphatic carboxylic acids is 1. The Morgan fingerprint density at radius 3 is 2.00 bits per heavy atom. The Morgan fingerprint density at radius 2 is 1.91 bits per heavy atom. The number of halogens is 1. The zero-order valence-corrected chi connectivity index (χ0v) is 7.52. The van der Waals surface area contributed by atoms with Crippen LogP contribution in [0.15, 0.2) is 0 Å². The van der Waals surface area contributed by atoms with Gasteiger partial charge in [-0.3, -0.25) is 4.79 Å². The van der Waals surface area contributed by atoms with Gasteiger partial charge in [-0.05, 0) is 12.3 Å². The number of carboxylic acid groups (broad SMARTS) is 1. The molecule has 0 aliphatic rings. The number of carbonyl (C=O) groups is 1. The average Bonchev–Trinajstić information content (AvgIpc) is 1.63. The number of hydrogen-bond donors (Lipinski definition) is 2. The lowest BCUT2D eigenvalue weighted by molar-refractivity contribution is -0.138. The van der Waals surface area contributed by atoms with Crippen molar-refractivity contribution in [3.8, 4) is 0 Å². The van der Waals surface area contributed by atoms with E-state index in [0.29, 0.717) is 12.3 Å². The monoisotopic (exact) mass is 185 g/mol. The van der Waals surface area contributed by atoms with Crippen molar-refractivity contribution in [2.75, 3.05) is 0 Å². The lowest BCUT2D eigenvalue weighted by atomic mass is 10.1. The molecule has 0 bridgehead atoms. The quantitative estimate of drug-likeness (QED) is 0.650. The molecule has 4 nitrogen and oxygen atoms in total. The normalized spacial score (nSPS) is 11.3. The smallest absolute Gasteiger partial charge is 0.320 e. The molecule has 0 spiro atoms. The summed E-state index contributed by atoms with van der Waals surface area (Å²) in [7, 11) is 0. The highest BCUT2D eigenvalue weighted by Gasteiger charge is 2.11. The third-order valence-corrected chi connectivity index (χ3v) is 1.04. The Kier molecular flexibility index (Phi) is 12.0. The van der Waals surface area contributed by atoms with Crippen molar-refractivity contribution in [2.45, 2.75) is 26.3 Å². The second-order valence-corrected chi connectivity index (χ2v) is 2.57. The van der Waals surface area contributed by atoms with Crippen molar-refractivity contribution in [1.29, 1.82) is 0 Å². The first-order valence-corrected chi connectivity index (χ1v) is 3.02. The summed E-state index contributed by atoms with van der Waals surface area (Å²) < 4.78 is 0. The van der Waals surface area contributed by atoms with E-state index in [2.05, 4.69) is 0 Å². The topological polar surface area (TPSA) is 94.8 Å². The molecule has 0 rings (SSSR count). The van der Waals surface area contributed by atoms with E-state index in [4.69, 9.17) is 10.8 Å². The van der Waals surface area contributed by atoms with E-state index < -0.39 is 12.0 Å². The minimum absolute atomic E-state index is 0. The van der Waals surface area contributed by atoms with Crippen LogP contribution in [0.1, 0.15) is 20.3 Å². The van der Waals surface area contributed by atoms with Crippen molar-refractivity contribution >= 4 is 18.4 Å². The zero-order chi connectivity index (χ0) is 7.44. The van der Waals surface area contributed by atoms with Gasteiger partial charge in [0.25, 0.3) is 0 Å². The molecule has 0 aromatic carbocycles. The predicted molar refractivity (Wildman–Crippen MR) is 45.9 cm³/mol. The molecule has 0 amide bonds. The minimum atomic E-state index is -0.913. The van der Waals surface area contributed by atoms with E-state index in [-0.39, 0.29) is 17.9 Å². The van der Waals surface area contributed by atoms with Crippen LogP contribution in [0.25, 0.3) is 0 Å². The number of rotatable bonds is 3. The molecule has 0 saturated heterocycles. The maximum absolute atomic E-state index is 10.1. The van der Waals surface area contributed by atoms with E-state index in [1.54, 1.807) is 0 Å². The van der Waals surface area contributed by atoms with E-state index in [1.165, 1.54) is 0 Å². The molecule has 0 aliphatic carbocycles. The van der Waals surface area contributed by atoms with Gasteiger partial charge < -0.3 is 16.3 Å².